The van der Waals surface area contributed by atoms with E-state index in [0.29, 0.717) is 18.1 Å². The third kappa shape index (κ3) is 3.61. The first-order valence-corrected chi connectivity index (χ1v) is 6.69. The average molecular weight is 278 g/mol. The number of hydrogen-bond donors (Lipinski definition) is 1. The molecule has 0 saturated heterocycles. The predicted molar refractivity (Wildman–Crippen MR) is 75.6 cm³/mol. The Morgan fingerprint density at radius 1 is 1.32 bits per heavy atom. The van der Waals surface area contributed by atoms with Gasteiger partial charge in [0.25, 0.3) is 5.91 Å². The summed E-state index contributed by atoms with van der Waals surface area (Å²) in [4.78, 5) is 12.0. The van der Waals surface area contributed by atoms with Crippen LogP contribution in [0.3, 0.4) is 0 Å². The molecule has 1 atom stereocenters. The number of halogens is 1. The lowest BCUT2D eigenvalue weighted by Crippen LogP contribution is -2.37. The Balaban J connectivity index is 2.00. The summed E-state index contributed by atoms with van der Waals surface area (Å²) in [7, 11) is 0. The van der Waals surface area contributed by atoms with Crippen LogP contribution >= 0.6 is 11.6 Å². The van der Waals surface area contributed by atoms with E-state index in [1.54, 1.807) is 6.07 Å². The number of benzene rings is 1. The zero-order valence-corrected chi connectivity index (χ0v) is 11.5. The largest absolute Gasteiger partial charge is 0.459 e. The first-order valence-electron chi connectivity index (χ1n) is 6.15. The van der Waals surface area contributed by atoms with Crippen LogP contribution in [0, 0.1) is 6.92 Å². The van der Waals surface area contributed by atoms with E-state index in [-0.39, 0.29) is 11.9 Å². The third-order valence-corrected chi connectivity index (χ3v) is 3.29. The molecule has 0 aliphatic rings. The summed E-state index contributed by atoms with van der Waals surface area (Å²) < 4.78 is 5.17. The molecule has 0 aliphatic heterocycles. The number of amides is 1. The molecule has 2 aromatic rings. The van der Waals surface area contributed by atoms with Crippen molar-refractivity contribution in [1.29, 1.82) is 0 Å². The Labute approximate surface area is 117 Å². The van der Waals surface area contributed by atoms with Crippen LogP contribution < -0.4 is 5.32 Å². The molecule has 4 heteroatoms. The van der Waals surface area contributed by atoms with E-state index in [1.165, 1.54) is 6.26 Å². The van der Waals surface area contributed by atoms with Gasteiger partial charge >= 0.3 is 0 Å². The fourth-order valence-corrected chi connectivity index (χ4v) is 2.09. The van der Waals surface area contributed by atoms with Crippen LogP contribution in [0.2, 0.25) is 0 Å². The number of alkyl halides is 1. The molecule has 2 rings (SSSR count). The van der Waals surface area contributed by atoms with Crippen molar-refractivity contribution in [3.8, 4) is 0 Å². The van der Waals surface area contributed by atoms with Gasteiger partial charge in [-0.2, -0.15) is 0 Å². The summed E-state index contributed by atoms with van der Waals surface area (Å²) in [6.07, 6.45) is 2.22. The maximum Gasteiger partial charge on any atom is 0.287 e. The molecule has 0 fully saturated rings. The van der Waals surface area contributed by atoms with Crippen molar-refractivity contribution in [3.63, 3.8) is 0 Å². The van der Waals surface area contributed by atoms with Crippen LogP contribution in [-0.4, -0.2) is 17.8 Å². The Bertz CT molecular complexity index is 536. The van der Waals surface area contributed by atoms with Gasteiger partial charge in [0.1, 0.15) is 0 Å². The molecule has 1 aromatic carbocycles. The van der Waals surface area contributed by atoms with Crippen LogP contribution in [0.25, 0.3) is 0 Å². The number of carbonyl (C=O) groups is 1. The summed E-state index contributed by atoms with van der Waals surface area (Å²) >= 11 is 5.92. The highest BCUT2D eigenvalue weighted by Crippen LogP contribution is 2.10. The maximum absolute atomic E-state index is 12.0. The van der Waals surface area contributed by atoms with E-state index < -0.39 is 0 Å². The summed E-state index contributed by atoms with van der Waals surface area (Å²) in [5.41, 5.74) is 1.97. The topological polar surface area (TPSA) is 42.2 Å². The highest BCUT2D eigenvalue weighted by Gasteiger charge is 2.17. The average Bonchev–Trinajstić information content (AvgIpc) is 2.85. The smallest absolute Gasteiger partial charge is 0.287 e. The van der Waals surface area contributed by atoms with E-state index in [1.807, 2.05) is 37.3 Å². The van der Waals surface area contributed by atoms with Gasteiger partial charge in [0.15, 0.2) is 5.76 Å². The van der Waals surface area contributed by atoms with Crippen molar-refractivity contribution in [1.82, 2.24) is 5.32 Å². The van der Waals surface area contributed by atoms with Crippen LogP contribution in [0.5, 0.6) is 0 Å². The van der Waals surface area contributed by atoms with Crippen LogP contribution in [0.4, 0.5) is 0 Å². The van der Waals surface area contributed by atoms with Crippen molar-refractivity contribution in [3.05, 3.63) is 59.5 Å². The number of hydrogen-bond acceptors (Lipinski definition) is 2. The first-order chi connectivity index (χ1) is 9.20. The van der Waals surface area contributed by atoms with Crippen molar-refractivity contribution < 1.29 is 9.21 Å². The molecule has 19 heavy (non-hydrogen) atoms. The summed E-state index contributed by atoms with van der Waals surface area (Å²) in [5, 5.41) is 2.89. The Morgan fingerprint density at radius 2 is 2.05 bits per heavy atom. The highest BCUT2D eigenvalue weighted by atomic mass is 35.5. The quantitative estimate of drug-likeness (QED) is 0.853. The van der Waals surface area contributed by atoms with Gasteiger partial charge in [-0.3, -0.25) is 4.79 Å². The van der Waals surface area contributed by atoms with Gasteiger partial charge in [-0.1, -0.05) is 30.3 Å². The van der Waals surface area contributed by atoms with Crippen molar-refractivity contribution in [2.75, 3.05) is 5.88 Å². The van der Waals surface area contributed by atoms with Gasteiger partial charge in [-0.25, -0.2) is 0 Å². The standard InChI is InChI=1S/C15H16ClNO2/c1-11-7-8-19-14(11)15(18)17-13(10-16)9-12-5-3-2-4-6-12/h2-8,13H,9-10H2,1H3,(H,17,18). The normalized spacial score (nSPS) is 12.1. The molecule has 1 amide bonds. The van der Waals surface area contributed by atoms with E-state index in [9.17, 15) is 4.79 Å². The van der Waals surface area contributed by atoms with Gasteiger partial charge in [-0.05, 0) is 25.0 Å². The minimum absolute atomic E-state index is 0.110. The van der Waals surface area contributed by atoms with Gasteiger partial charge in [-0.15, -0.1) is 11.6 Å². The fourth-order valence-electron chi connectivity index (χ4n) is 1.90. The molecule has 1 aromatic heterocycles. The van der Waals surface area contributed by atoms with Gasteiger partial charge < -0.3 is 9.73 Å². The molecule has 100 valence electrons. The minimum atomic E-state index is -0.218. The second-order valence-electron chi connectivity index (χ2n) is 4.45. The maximum atomic E-state index is 12.0. The monoisotopic (exact) mass is 277 g/mol. The van der Waals surface area contributed by atoms with E-state index >= 15 is 0 Å². The van der Waals surface area contributed by atoms with Crippen LogP contribution in [-0.2, 0) is 6.42 Å². The molecule has 0 aliphatic carbocycles. The second kappa shape index (κ2) is 6.43. The first kappa shape index (κ1) is 13.7. The summed E-state index contributed by atoms with van der Waals surface area (Å²) in [5.74, 6) is 0.493. The van der Waals surface area contributed by atoms with Crippen molar-refractivity contribution >= 4 is 17.5 Å². The molecular formula is C15H16ClNO2. The summed E-state index contributed by atoms with van der Waals surface area (Å²) in [6, 6.07) is 11.6. The number of nitrogens with one attached hydrogen (secondary N) is 1. The second-order valence-corrected chi connectivity index (χ2v) is 4.76. The molecular weight excluding hydrogens is 262 g/mol. The molecule has 3 nitrogen and oxygen atoms in total. The molecule has 0 radical (unpaired) electrons. The summed E-state index contributed by atoms with van der Waals surface area (Å²) in [6.45, 7) is 1.84. The lowest BCUT2D eigenvalue weighted by Gasteiger charge is -2.15. The number of furan rings is 1. The van der Waals surface area contributed by atoms with Crippen molar-refractivity contribution in [2.24, 2.45) is 0 Å². The van der Waals surface area contributed by atoms with Gasteiger partial charge in [0.05, 0.1) is 6.26 Å². The van der Waals surface area contributed by atoms with E-state index in [0.717, 1.165) is 11.1 Å². The van der Waals surface area contributed by atoms with Gasteiger partial charge in [0, 0.05) is 17.5 Å². The molecule has 0 spiro atoms. The van der Waals surface area contributed by atoms with Crippen molar-refractivity contribution in [2.45, 2.75) is 19.4 Å². The SMILES string of the molecule is Cc1ccoc1C(=O)NC(CCl)Cc1ccccc1. The van der Waals surface area contributed by atoms with Crippen LogP contribution in [0.15, 0.2) is 47.1 Å². The Kier molecular flexibility index (Phi) is 4.63. The van der Waals surface area contributed by atoms with E-state index in [4.69, 9.17) is 16.0 Å². The third-order valence-electron chi connectivity index (χ3n) is 2.91. The zero-order valence-electron chi connectivity index (χ0n) is 10.7. The molecule has 0 bridgehead atoms. The predicted octanol–water partition coefficient (Wildman–Crippen LogP) is 3.17. The Morgan fingerprint density at radius 3 is 2.63 bits per heavy atom. The molecule has 1 N–H and O–H groups in total. The molecule has 1 unspecified atom stereocenters. The number of rotatable bonds is 5. The number of aryl methyl sites for hydroxylation is 1. The lowest BCUT2D eigenvalue weighted by molar-refractivity contribution is 0.0911. The van der Waals surface area contributed by atoms with E-state index in [2.05, 4.69) is 5.32 Å². The lowest BCUT2D eigenvalue weighted by atomic mass is 10.1. The minimum Gasteiger partial charge on any atom is -0.459 e. The number of carbonyl (C=O) groups excluding carboxylic acids is 1. The Hall–Kier alpha value is -1.74. The van der Waals surface area contributed by atoms with Gasteiger partial charge in [0.2, 0.25) is 0 Å². The molecule has 0 saturated carbocycles. The zero-order chi connectivity index (χ0) is 13.7. The fraction of sp³-hybridized carbons (Fsp3) is 0.267. The highest BCUT2D eigenvalue weighted by molar-refractivity contribution is 6.18. The molecule has 1 heterocycles. The van der Waals surface area contributed by atoms with Crippen LogP contribution in [0.1, 0.15) is 21.7 Å².